The molecule has 1 saturated heterocycles. The summed E-state index contributed by atoms with van der Waals surface area (Å²) in [6.07, 6.45) is 1.15. The number of aliphatic hydroxyl groups is 1. The number of nitrogens with zero attached hydrogens (tertiary/aromatic N) is 2. The number of H-pyrrole nitrogens is 1. The number of benzene rings is 1. The average Bonchev–Trinajstić information content (AvgIpc) is 2.40. The van der Waals surface area contributed by atoms with Crippen molar-refractivity contribution in [1.82, 2.24) is 9.97 Å². The first-order valence-electron chi connectivity index (χ1n) is 6.36. The maximum absolute atomic E-state index is 12.0. The van der Waals surface area contributed by atoms with Gasteiger partial charge in [-0.25, -0.2) is 4.98 Å². The summed E-state index contributed by atoms with van der Waals surface area (Å²) < 4.78 is 0. The molecule has 0 amide bonds. The summed E-state index contributed by atoms with van der Waals surface area (Å²) in [6.45, 7) is 1.40. The lowest BCUT2D eigenvalue weighted by Gasteiger charge is -2.29. The molecule has 100 valence electrons. The standard InChI is InChI=1S/C13H16N4O2/c14-8-1-2-11-10(7-8)12(19)16-13(15-11)17-5-3-9(18)4-6-17/h1-2,7,9,18H,3-6,14H2,(H,15,16,19). The lowest BCUT2D eigenvalue weighted by atomic mass is 10.1. The van der Waals surface area contributed by atoms with Gasteiger partial charge in [0.15, 0.2) is 0 Å². The molecule has 2 heterocycles. The third-order valence-electron chi connectivity index (χ3n) is 3.48. The SMILES string of the molecule is Nc1ccc2nc(N3CCC(O)CC3)[nH]c(=O)c2c1. The third-order valence-corrected chi connectivity index (χ3v) is 3.48. The van der Waals surface area contributed by atoms with Crippen LogP contribution in [0.15, 0.2) is 23.0 Å². The number of aromatic nitrogens is 2. The van der Waals surface area contributed by atoms with Crippen LogP contribution in [0.4, 0.5) is 11.6 Å². The van der Waals surface area contributed by atoms with Crippen LogP contribution in [0.1, 0.15) is 12.8 Å². The number of nitrogens with two attached hydrogens (primary N) is 1. The molecule has 1 fully saturated rings. The second-order valence-electron chi connectivity index (χ2n) is 4.88. The average molecular weight is 260 g/mol. The molecule has 6 nitrogen and oxygen atoms in total. The van der Waals surface area contributed by atoms with Gasteiger partial charge in [-0.1, -0.05) is 0 Å². The Morgan fingerprint density at radius 3 is 2.84 bits per heavy atom. The molecule has 0 aliphatic carbocycles. The lowest BCUT2D eigenvalue weighted by molar-refractivity contribution is 0.145. The van der Waals surface area contributed by atoms with E-state index in [2.05, 4.69) is 9.97 Å². The predicted molar refractivity (Wildman–Crippen MR) is 74.2 cm³/mol. The molecule has 6 heteroatoms. The molecule has 4 N–H and O–H groups in total. The molecule has 19 heavy (non-hydrogen) atoms. The Morgan fingerprint density at radius 2 is 2.11 bits per heavy atom. The molecule has 1 aliphatic rings. The molecular formula is C13H16N4O2. The molecule has 1 aromatic carbocycles. The monoisotopic (exact) mass is 260 g/mol. The number of nitrogen functional groups attached to an aromatic ring is 1. The van der Waals surface area contributed by atoms with E-state index >= 15 is 0 Å². The van der Waals surface area contributed by atoms with E-state index < -0.39 is 0 Å². The van der Waals surface area contributed by atoms with Gasteiger partial charge in [0.1, 0.15) is 0 Å². The zero-order chi connectivity index (χ0) is 13.4. The second-order valence-corrected chi connectivity index (χ2v) is 4.88. The second kappa shape index (κ2) is 4.55. The van der Waals surface area contributed by atoms with E-state index in [0.717, 1.165) is 0 Å². The third kappa shape index (κ3) is 2.26. The fourth-order valence-electron chi connectivity index (χ4n) is 2.37. The Morgan fingerprint density at radius 1 is 1.37 bits per heavy atom. The highest BCUT2D eigenvalue weighted by molar-refractivity contribution is 5.81. The van der Waals surface area contributed by atoms with Crippen molar-refractivity contribution in [2.45, 2.75) is 18.9 Å². The first-order chi connectivity index (χ1) is 9.13. The van der Waals surface area contributed by atoms with Crippen molar-refractivity contribution in [2.75, 3.05) is 23.7 Å². The quantitative estimate of drug-likeness (QED) is 0.648. The van der Waals surface area contributed by atoms with Crippen LogP contribution >= 0.6 is 0 Å². The maximum atomic E-state index is 12.0. The predicted octanol–water partition coefficient (Wildman–Crippen LogP) is 0.466. The van der Waals surface area contributed by atoms with Crippen LogP contribution in [0.3, 0.4) is 0 Å². The molecule has 0 atom stereocenters. The van der Waals surface area contributed by atoms with E-state index in [1.54, 1.807) is 18.2 Å². The molecule has 2 aromatic rings. The highest BCUT2D eigenvalue weighted by Crippen LogP contribution is 2.18. The summed E-state index contributed by atoms with van der Waals surface area (Å²) in [6, 6.07) is 5.12. The normalized spacial score (nSPS) is 17.0. The Balaban J connectivity index is 2.01. The first kappa shape index (κ1) is 12.0. The van der Waals surface area contributed by atoms with Crippen LogP contribution in [0.25, 0.3) is 10.9 Å². The molecular weight excluding hydrogens is 244 g/mol. The lowest BCUT2D eigenvalue weighted by Crippen LogP contribution is -2.37. The zero-order valence-corrected chi connectivity index (χ0v) is 10.5. The van der Waals surface area contributed by atoms with E-state index in [1.165, 1.54) is 0 Å². The number of hydrogen-bond donors (Lipinski definition) is 3. The Hall–Kier alpha value is -2.08. The fourth-order valence-corrected chi connectivity index (χ4v) is 2.37. The number of fused-ring (bicyclic) bond motifs is 1. The summed E-state index contributed by atoms with van der Waals surface area (Å²) >= 11 is 0. The van der Waals surface area contributed by atoms with Gasteiger partial charge in [0, 0.05) is 18.8 Å². The summed E-state index contributed by atoms with van der Waals surface area (Å²) in [4.78, 5) is 21.3. The number of rotatable bonds is 1. The smallest absolute Gasteiger partial charge is 0.260 e. The molecule has 0 spiro atoms. The Kier molecular flexibility index (Phi) is 2.87. The summed E-state index contributed by atoms with van der Waals surface area (Å²) in [5.74, 6) is 0.564. The van der Waals surface area contributed by atoms with Gasteiger partial charge in [-0.15, -0.1) is 0 Å². The van der Waals surface area contributed by atoms with Gasteiger partial charge in [0.2, 0.25) is 5.95 Å². The number of hydrogen-bond acceptors (Lipinski definition) is 5. The fraction of sp³-hybridized carbons (Fsp3) is 0.385. The minimum Gasteiger partial charge on any atom is -0.399 e. The zero-order valence-electron chi connectivity index (χ0n) is 10.5. The van der Waals surface area contributed by atoms with Crippen molar-refractivity contribution in [3.63, 3.8) is 0 Å². The van der Waals surface area contributed by atoms with Crippen molar-refractivity contribution in [3.8, 4) is 0 Å². The van der Waals surface area contributed by atoms with Gasteiger partial charge in [0.05, 0.1) is 17.0 Å². The van der Waals surface area contributed by atoms with E-state index in [-0.39, 0.29) is 11.7 Å². The highest BCUT2D eigenvalue weighted by atomic mass is 16.3. The van der Waals surface area contributed by atoms with Crippen LogP contribution < -0.4 is 16.2 Å². The number of aromatic amines is 1. The number of aliphatic hydroxyl groups excluding tert-OH is 1. The van der Waals surface area contributed by atoms with Crippen LogP contribution in [-0.2, 0) is 0 Å². The summed E-state index contributed by atoms with van der Waals surface area (Å²) in [5, 5.41) is 10.00. The van der Waals surface area contributed by atoms with Crippen molar-refractivity contribution in [1.29, 1.82) is 0 Å². The Labute approximate surface area is 109 Å². The molecule has 1 aromatic heterocycles. The van der Waals surface area contributed by atoms with Gasteiger partial charge in [-0.3, -0.25) is 9.78 Å². The minimum absolute atomic E-state index is 0.182. The van der Waals surface area contributed by atoms with Crippen molar-refractivity contribution < 1.29 is 5.11 Å². The van der Waals surface area contributed by atoms with Gasteiger partial charge in [-0.05, 0) is 31.0 Å². The molecule has 0 radical (unpaired) electrons. The maximum Gasteiger partial charge on any atom is 0.260 e. The van der Waals surface area contributed by atoms with Crippen LogP contribution in [0, 0.1) is 0 Å². The van der Waals surface area contributed by atoms with E-state index in [1.807, 2.05) is 4.90 Å². The van der Waals surface area contributed by atoms with Gasteiger partial charge < -0.3 is 15.7 Å². The number of nitrogens with one attached hydrogen (secondary N) is 1. The number of anilines is 2. The first-order valence-corrected chi connectivity index (χ1v) is 6.36. The molecule has 1 aliphatic heterocycles. The van der Waals surface area contributed by atoms with Gasteiger partial charge in [-0.2, -0.15) is 0 Å². The van der Waals surface area contributed by atoms with Gasteiger partial charge in [0.25, 0.3) is 5.56 Å². The molecule has 0 saturated carbocycles. The Bertz CT molecular complexity index is 659. The summed E-state index contributed by atoms with van der Waals surface area (Å²) in [5.41, 5.74) is 6.68. The van der Waals surface area contributed by atoms with Crippen LogP contribution in [0.2, 0.25) is 0 Å². The van der Waals surface area contributed by atoms with Crippen LogP contribution in [-0.4, -0.2) is 34.3 Å². The molecule has 0 bridgehead atoms. The van der Waals surface area contributed by atoms with Crippen LogP contribution in [0.5, 0.6) is 0 Å². The largest absolute Gasteiger partial charge is 0.399 e. The van der Waals surface area contributed by atoms with Gasteiger partial charge >= 0.3 is 0 Å². The highest BCUT2D eigenvalue weighted by Gasteiger charge is 2.19. The molecule has 3 rings (SSSR count). The van der Waals surface area contributed by atoms with E-state index in [0.29, 0.717) is 48.5 Å². The van der Waals surface area contributed by atoms with E-state index in [4.69, 9.17) is 5.73 Å². The van der Waals surface area contributed by atoms with Crippen molar-refractivity contribution >= 4 is 22.5 Å². The topological polar surface area (TPSA) is 95.2 Å². The van der Waals surface area contributed by atoms with Crippen molar-refractivity contribution in [3.05, 3.63) is 28.6 Å². The minimum atomic E-state index is -0.247. The molecule has 0 unspecified atom stereocenters. The number of piperidine rings is 1. The summed E-state index contributed by atoms with van der Waals surface area (Å²) in [7, 11) is 0. The van der Waals surface area contributed by atoms with Crippen molar-refractivity contribution in [2.24, 2.45) is 0 Å². The van der Waals surface area contributed by atoms with E-state index in [9.17, 15) is 9.90 Å².